The fourth-order valence-corrected chi connectivity index (χ4v) is 2.37. The van der Waals surface area contributed by atoms with E-state index in [4.69, 9.17) is 4.52 Å². The molecule has 2 rings (SSSR count). The van der Waals surface area contributed by atoms with Crippen molar-refractivity contribution in [1.29, 1.82) is 0 Å². The molecule has 0 unspecified atom stereocenters. The molecule has 0 atom stereocenters. The molecule has 0 saturated heterocycles. The van der Waals surface area contributed by atoms with Crippen LogP contribution in [0.15, 0.2) is 33.7 Å². The average Bonchev–Trinajstić information content (AvgIpc) is 2.81. The summed E-state index contributed by atoms with van der Waals surface area (Å²) in [5.74, 6) is -0.274. The number of nitrogens with zero attached hydrogens (tertiary/aromatic N) is 1. The van der Waals surface area contributed by atoms with Gasteiger partial charge in [0.15, 0.2) is 5.76 Å². The number of hydrogen-bond acceptors (Lipinski definition) is 5. The minimum atomic E-state index is -0.943. The molecule has 0 aliphatic carbocycles. The van der Waals surface area contributed by atoms with Gasteiger partial charge in [-0.15, -0.1) is 11.8 Å². The topological polar surface area (TPSA) is 75.4 Å². The molecule has 0 bridgehead atoms. The lowest BCUT2D eigenvalue weighted by atomic mass is 10.1. The van der Waals surface area contributed by atoms with E-state index in [1.807, 2.05) is 25.3 Å². The second-order valence-corrected chi connectivity index (χ2v) is 4.82. The van der Waals surface area contributed by atoms with E-state index in [1.54, 1.807) is 12.1 Å². The van der Waals surface area contributed by atoms with Gasteiger partial charge in [-0.25, -0.2) is 4.79 Å². The van der Waals surface area contributed by atoms with E-state index in [0.29, 0.717) is 18.0 Å². The summed E-state index contributed by atoms with van der Waals surface area (Å²) in [7, 11) is 0. The highest BCUT2D eigenvalue weighted by atomic mass is 32.2. The van der Waals surface area contributed by atoms with Crippen LogP contribution in [-0.4, -0.2) is 22.5 Å². The van der Waals surface area contributed by atoms with Gasteiger partial charge in [0.25, 0.3) is 0 Å². The summed E-state index contributed by atoms with van der Waals surface area (Å²) in [6.07, 6.45) is 1.85. The lowest BCUT2D eigenvalue weighted by Crippen LogP contribution is -2.07. The second-order valence-electron chi connectivity index (χ2n) is 3.98. The zero-order valence-corrected chi connectivity index (χ0v) is 11.5. The number of aromatic carboxylic acids is 1. The van der Waals surface area contributed by atoms with Gasteiger partial charge < -0.3 is 14.9 Å². The predicted octanol–water partition coefficient (Wildman–Crippen LogP) is 3.02. The van der Waals surface area contributed by atoms with Gasteiger partial charge in [0.05, 0.1) is 23.5 Å². The van der Waals surface area contributed by atoms with Crippen molar-refractivity contribution in [2.45, 2.75) is 18.4 Å². The quantitative estimate of drug-likeness (QED) is 0.819. The van der Waals surface area contributed by atoms with Crippen LogP contribution in [-0.2, 0) is 6.54 Å². The lowest BCUT2D eigenvalue weighted by molar-refractivity contribution is 0.0694. The maximum absolute atomic E-state index is 11.3. The first-order chi connectivity index (χ1) is 9.11. The molecule has 0 aliphatic rings. The Morgan fingerprint density at radius 3 is 2.89 bits per heavy atom. The van der Waals surface area contributed by atoms with Gasteiger partial charge in [-0.3, -0.25) is 0 Å². The fraction of sp³-hybridized carbons (Fsp3) is 0.231. The SMILES string of the molecule is CSc1cccc(NCc2cc(C)no2)c1C(=O)O. The number of nitrogens with one attached hydrogen (secondary N) is 1. The van der Waals surface area contributed by atoms with Crippen LogP contribution in [0.3, 0.4) is 0 Å². The molecule has 5 nitrogen and oxygen atoms in total. The van der Waals surface area contributed by atoms with E-state index in [0.717, 1.165) is 10.6 Å². The van der Waals surface area contributed by atoms with Crippen LogP contribution < -0.4 is 5.32 Å². The third-order valence-electron chi connectivity index (χ3n) is 2.59. The van der Waals surface area contributed by atoms with Crippen molar-refractivity contribution >= 4 is 23.4 Å². The van der Waals surface area contributed by atoms with E-state index in [1.165, 1.54) is 11.8 Å². The molecule has 0 saturated carbocycles. The minimum absolute atomic E-state index is 0.284. The summed E-state index contributed by atoms with van der Waals surface area (Å²) >= 11 is 1.41. The highest BCUT2D eigenvalue weighted by Gasteiger charge is 2.15. The standard InChI is InChI=1S/C13H14N2O3S/c1-8-6-9(18-15-8)7-14-10-4-3-5-11(19-2)12(10)13(16)17/h3-6,14H,7H2,1-2H3,(H,16,17). The van der Waals surface area contributed by atoms with Gasteiger partial charge in [0, 0.05) is 11.0 Å². The van der Waals surface area contributed by atoms with Crippen molar-refractivity contribution in [3.8, 4) is 0 Å². The third kappa shape index (κ3) is 3.08. The number of aryl methyl sites for hydroxylation is 1. The van der Waals surface area contributed by atoms with Crippen molar-refractivity contribution < 1.29 is 14.4 Å². The third-order valence-corrected chi connectivity index (χ3v) is 3.37. The molecule has 0 aliphatic heterocycles. The highest BCUT2D eigenvalue weighted by Crippen LogP contribution is 2.27. The highest BCUT2D eigenvalue weighted by molar-refractivity contribution is 7.98. The Morgan fingerprint density at radius 1 is 1.53 bits per heavy atom. The molecule has 0 spiro atoms. The van der Waals surface area contributed by atoms with Gasteiger partial charge in [-0.1, -0.05) is 11.2 Å². The summed E-state index contributed by atoms with van der Waals surface area (Å²) in [5, 5.41) is 16.1. The van der Waals surface area contributed by atoms with Gasteiger partial charge in [0.2, 0.25) is 0 Å². The molecule has 1 aromatic heterocycles. The zero-order valence-electron chi connectivity index (χ0n) is 10.6. The largest absolute Gasteiger partial charge is 0.478 e. The summed E-state index contributed by atoms with van der Waals surface area (Å²) in [6.45, 7) is 2.24. The smallest absolute Gasteiger partial charge is 0.338 e. The van der Waals surface area contributed by atoms with E-state index in [2.05, 4.69) is 10.5 Å². The predicted molar refractivity (Wildman–Crippen MR) is 73.7 cm³/mol. The van der Waals surface area contributed by atoms with Gasteiger partial charge in [-0.05, 0) is 25.3 Å². The van der Waals surface area contributed by atoms with Crippen LogP contribution in [0.25, 0.3) is 0 Å². The van der Waals surface area contributed by atoms with Gasteiger partial charge in [0.1, 0.15) is 0 Å². The maximum Gasteiger partial charge on any atom is 0.338 e. The fourth-order valence-electron chi connectivity index (χ4n) is 1.75. The minimum Gasteiger partial charge on any atom is -0.478 e. The number of anilines is 1. The monoisotopic (exact) mass is 278 g/mol. The first-order valence-electron chi connectivity index (χ1n) is 5.68. The number of thioether (sulfide) groups is 1. The molecule has 100 valence electrons. The molecule has 0 fully saturated rings. The molecule has 6 heteroatoms. The van der Waals surface area contributed by atoms with Crippen LogP contribution in [0, 0.1) is 6.92 Å². The molecule has 0 amide bonds. The number of aromatic nitrogens is 1. The molecular formula is C13H14N2O3S. The molecule has 0 radical (unpaired) electrons. The van der Waals surface area contributed by atoms with Crippen molar-refractivity contribution in [2.75, 3.05) is 11.6 Å². The number of carbonyl (C=O) groups is 1. The van der Waals surface area contributed by atoms with E-state index in [9.17, 15) is 9.90 Å². The van der Waals surface area contributed by atoms with Crippen LogP contribution in [0.2, 0.25) is 0 Å². The number of carboxylic acid groups (broad SMARTS) is 1. The van der Waals surface area contributed by atoms with E-state index >= 15 is 0 Å². The Balaban J connectivity index is 2.22. The van der Waals surface area contributed by atoms with Crippen LogP contribution in [0.1, 0.15) is 21.8 Å². The molecule has 2 aromatic rings. The average molecular weight is 278 g/mol. The zero-order chi connectivity index (χ0) is 13.8. The first-order valence-corrected chi connectivity index (χ1v) is 6.90. The first kappa shape index (κ1) is 13.5. The maximum atomic E-state index is 11.3. The summed E-state index contributed by atoms with van der Waals surface area (Å²) < 4.78 is 5.08. The van der Waals surface area contributed by atoms with Crippen LogP contribution in [0.5, 0.6) is 0 Å². The normalized spacial score (nSPS) is 10.4. The Labute approximate surface area is 115 Å². The number of hydrogen-bond donors (Lipinski definition) is 2. The summed E-state index contributed by atoms with van der Waals surface area (Å²) in [5.41, 5.74) is 1.66. The molecular weight excluding hydrogens is 264 g/mol. The second kappa shape index (κ2) is 5.79. The van der Waals surface area contributed by atoms with Crippen LogP contribution in [0.4, 0.5) is 5.69 Å². The molecule has 2 N–H and O–H groups in total. The number of carboxylic acids is 1. The summed E-state index contributed by atoms with van der Waals surface area (Å²) in [6, 6.07) is 7.17. The Bertz CT molecular complexity index is 595. The Morgan fingerprint density at radius 2 is 2.32 bits per heavy atom. The Hall–Kier alpha value is -1.95. The van der Waals surface area contributed by atoms with Crippen molar-refractivity contribution in [3.63, 3.8) is 0 Å². The van der Waals surface area contributed by atoms with Gasteiger partial charge >= 0.3 is 5.97 Å². The van der Waals surface area contributed by atoms with Crippen LogP contribution >= 0.6 is 11.8 Å². The molecule has 1 aromatic carbocycles. The van der Waals surface area contributed by atoms with Crippen molar-refractivity contribution in [2.24, 2.45) is 0 Å². The number of rotatable bonds is 5. The molecule has 19 heavy (non-hydrogen) atoms. The number of benzene rings is 1. The van der Waals surface area contributed by atoms with Gasteiger partial charge in [-0.2, -0.15) is 0 Å². The lowest BCUT2D eigenvalue weighted by Gasteiger charge is -2.11. The van der Waals surface area contributed by atoms with Crippen molar-refractivity contribution in [3.05, 3.63) is 41.3 Å². The Kier molecular flexibility index (Phi) is 4.11. The summed E-state index contributed by atoms with van der Waals surface area (Å²) in [4.78, 5) is 12.1. The van der Waals surface area contributed by atoms with E-state index in [-0.39, 0.29) is 5.56 Å². The van der Waals surface area contributed by atoms with Crippen molar-refractivity contribution in [1.82, 2.24) is 5.16 Å². The molecule has 1 heterocycles. The van der Waals surface area contributed by atoms with E-state index < -0.39 is 5.97 Å².